The van der Waals surface area contributed by atoms with Gasteiger partial charge in [0.1, 0.15) is 5.82 Å². The van der Waals surface area contributed by atoms with Crippen molar-refractivity contribution in [2.75, 3.05) is 0 Å². The Bertz CT molecular complexity index is 1640. The Kier molecular flexibility index (Phi) is 8.46. The SMILES string of the molecule is CC(=O)/C=C(/C)O.Fc1cccc2c1ccc1c(-c3[c-]c4ccccc4c(C(F)(F)F)c3)nccc12.[Ir]. The molecule has 0 bridgehead atoms. The zero-order chi connectivity index (χ0) is 26.0. The van der Waals surface area contributed by atoms with Crippen molar-refractivity contribution in [3.63, 3.8) is 0 Å². The van der Waals surface area contributed by atoms with Gasteiger partial charge in [0, 0.05) is 43.5 Å². The van der Waals surface area contributed by atoms with Gasteiger partial charge in [-0.15, -0.1) is 23.6 Å². The van der Waals surface area contributed by atoms with Crippen LogP contribution in [0.15, 0.2) is 84.8 Å². The summed E-state index contributed by atoms with van der Waals surface area (Å²) in [5.41, 5.74) is -0.102. The van der Waals surface area contributed by atoms with Gasteiger partial charge >= 0.3 is 6.18 Å². The number of benzene rings is 4. The van der Waals surface area contributed by atoms with Gasteiger partial charge in [-0.05, 0) is 47.7 Å². The van der Waals surface area contributed by atoms with Gasteiger partial charge in [-0.3, -0.25) is 9.78 Å². The Morgan fingerprint density at radius 3 is 2.19 bits per heavy atom. The first-order valence-electron chi connectivity index (χ1n) is 10.9. The molecule has 1 heterocycles. The molecular weight excluding hydrogens is 663 g/mol. The number of alkyl halides is 3. The number of carbonyl (C=O) groups excluding carboxylic acids is 1. The Morgan fingerprint density at radius 2 is 1.54 bits per heavy atom. The molecule has 0 unspecified atom stereocenters. The molecule has 4 aromatic carbocycles. The van der Waals surface area contributed by atoms with E-state index in [0.29, 0.717) is 27.2 Å². The van der Waals surface area contributed by atoms with E-state index in [4.69, 9.17) is 5.11 Å². The van der Waals surface area contributed by atoms with Gasteiger partial charge < -0.3 is 5.11 Å². The van der Waals surface area contributed by atoms with Gasteiger partial charge in [0.15, 0.2) is 5.78 Å². The van der Waals surface area contributed by atoms with Crippen molar-refractivity contribution in [3.05, 3.63) is 102 Å². The van der Waals surface area contributed by atoms with Crippen LogP contribution in [0.2, 0.25) is 0 Å². The summed E-state index contributed by atoms with van der Waals surface area (Å²) >= 11 is 0. The van der Waals surface area contributed by atoms with Crippen LogP contribution >= 0.6 is 0 Å². The second kappa shape index (κ2) is 11.2. The van der Waals surface area contributed by atoms with E-state index in [1.807, 2.05) is 0 Å². The van der Waals surface area contributed by atoms with Crippen molar-refractivity contribution in [2.24, 2.45) is 0 Å². The van der Waals surface area contributed by atoms with E-state index >= 15 is 0 Å². The van der Waals surface area contributed by atoms with E-state index in [1.54, 1.807) is 48.5 Å². The molecule has 8 heteroatoms. The number of allylic oxidation sites excluding steroid dienone is 2. The van der Waals surface area contributed by atoms with Crippen LogP contribution in [0.3, 0.4) is 0 Å². The van der Waals surface area contributed by atoms with E-state index < -0.39 is 11.7 Å². The van der Waals surface area contributed by atoms with Crippen LogP contribution < -0.4 is 0 Å². The maximum Gasteiger partial charge on any atom is 0.403 e. The number of carbonyl (C=O) groups is 1. The molecule has 1 N–H and O–H groups in total. The molecule has 37 heavy (non-hydrogen) atoms. The zero-order valence-corrected chi connectivity index (χ0v) is 22.0. The Labute approximate surface area is 223 Å². The first-order valence-corrected chi connectivity index (χ1v) is 10.9. The van der Waals surface area contributed by atoms with Crippen LogP contribution in [-0.2, 0) is 31.1 Å². The van der Waals surface area contributed by atoms with Crippen molar-refractivity contribution < 1.29 is 47.6 Å². The first-order chi connectivity index (χ1) is 17.1. The number of ketones is 1. The monoisotopic (exact) mass is 683 g/mol. The third-order valence-electron chi connectivity index (χ3n) is 5.50. The first kappa shape index (κ1) is 28.0. The van der Waals surface area contributed by atoms with Gasteiger partial charge in [-0.25, -0.2) is 4.39 Å². The summed E-state index contributed by atoms with van der Waals surface area (Å²) in [6.07, 6.45) is -1.82. The molecule has 5 rings (SSSR count). The van der Waals surface area contributed by atoms with Crippen LogP contribution in [-0.4, -0.2) is 15.9 Å². The second-order valence-corrected chi connectivity index (χ2v) is 8.19. The van der Waals surface area contributed by atoms with E-state index in [2.05, 4.69) is 11.1 Å². The fraction of sp³-hybridized carbons (Fsp3) is 0.103. The van der Waals surface area contributed by atoms with Crippen molar-refractivity contribution in [3.8, 4) is 11.3 Å². The van der Waals surface area contributed by atoms with Gasteiger partial charge in [0.25, 0.3) is 0 Å². The molecule has 5 aromatic rings. The molecule has 1 radical (unpaired) electrons. The number of halogens is 4. The number of aliphatic hydroxyl groups excluding tert-OH is 1. The molecule has 3 nitrogen and oxygen atoms in total. The van der Waals surface area contributed by atoms with E-state index in [-0.39, 0.29) is 48.4 Å². The van der Waals surface area contributed by atoms with Crippen LogP contribution in [0.4, 0.5) is 17.6 Å². The minimum atomic E-state index is -4.51. The summed E-state index contributed by atoms with van der Waals surface area (Å²) in [5, 5.41) is 11.3. The summed E-state index contributed by atoms with van der Waals surface area (Å²) in [6.45, 7) is 2.85. The van der Waals surface area contributed by atoms with E-state index in [1.165, 1.54) is 38.3 Å². The topological polar surface area (TPSA) is 50.2 Å². The molecule has 0 amide bonds. The van der Waals surface area contributed by atoms with Crippen LogP contribution in [0.1, 0.15) is 19.4 Å². The summed E-state index contributed by atoms with van der Waals surface area (Å²) in [4.78, 5) is 14.4. The molecule has 0 aliphatic heterocycles. The molecule has 0 saturated heterocycles. The zero-order valence-electron chi connectivity index (χ0n) is 19.7. The van der Waals surface area contributed by atoms with E-state index in [0.717, 1.165) is 11.5 Å². The Balaban J connectivity index is 0.000000422. The predicted octanol–water partition coefficient (Wildman–Crippen LogP) is 8.20. The minimum absolute atomic E-state index is 0. The maximum absolute atomic E-state index is 14.1. The molecule has 0 saturated carbocycles. The van der Waals surface area contributed by atoms with Crippen molar-refractivity contribution >= 4 is 38.1 Å². The second-order valence-electron chi connectivity index (χ2n) is 8.19. The Morgan fingerprint density at radius 1 is 0.892 bits per heavy atom. The van der Waals surface area contributed by atoms with Crippen LogP contribution in [0, 0.1) is 11.9 Å². The molecular formula is C29H20F4IrNO2-. The van der Waals surface area contributed by atoms with Crippen LogP contribution in [0.25, 0.3) is 43.6 Å². The van der Waals surface area contributed by atoms with Crippen molar-refractivity contribution in [2.45, 2.75) is 20.0 Å². The number of hydrogen-bond donors (Lipinski definition) is 1. The molecule has 0 spiro atoms. The number of hydrogen-bond acceptors (Lipinski definition) is 3. The quantitative estimate of drug-likeness (QED) is 0.0672. The molecule has 0 fully saturated rings. The molecule has 191 valence electrons. The van der Waals surface area contributed by atoms with Crippen molar-refractivity contribution in [1.82, 2.24) is 4.98 Å². The van der Waals surface area contributed by atoms with Gasteiger partial charge in [0.2, 0.25) is 0 Å². The summed E-state index contributed by atoms with van der Waals surface area (Å²) in [5.74, 6) is -0.410. The molecule has 0 atom stereocenters. The summed E-state index contributed by atoms with van der Waals surface area (Å²) in [6, 6.07) is 20.3. The molecule has 1 aromatic heterocycles. The number of aromatic nitrogens is 1. The van der Waals surface area contributed by atoms with Gasteiger partial charge in [-0.1, -0.05) is 53.4 Å². The summed E-state index contributed by atoms with van der Waals surface area (Å²) in [7, 11) is 0. The average Bonchev–Trinajstić information content (AvgIpc) is 2.82. The molecule has 0 aliphatic carbocycles. The fourth-order valence-corrected chi connectivity index (χ4v) is 4.09. The third-order valence-corrected chi connectivity index (χ3v) is 5.50. The third kappa shape index (κ3) is 6.04. The predicted molar refractivity (Wildman–Crippen MR) is 133 cm³/mol. The number of nitrogens with zero attached hydrogens (tertiary/aromatic N) is 1. The van der Waals surface area contributed by atoms with Gasteiger partial charge in [-0.2, -0.15) is 13.2 Å². The maximum atomic E-state index is 14.1. The smallest absolute Gasteiger partial charge is 0.403 e. The number of fused-ring (bicyclic) bond motifs is 4. The number of aliphatic hydroxyl groups is 1. The largest absolute Gasteiger partial charge is 0.512 e. The number of rotatable bonds is 2. The number of pyridine rings is 1. The fourth-order valence-electron chi connectivity index (χ4n) is 4.09. The minimum Gasteiger partial charge on any atom is -0.512 e. The normalized spacial score (nSPS) is 11.7. The Hall–Kier alpha value is -3.61. The van der Waals surface area contributed by atoms with Gasteiger partial charge in [0.05, 0.1) is 5.76 Å². The standard InChI is InChI=1S/C24H12F4N.C5H8O2.Ir/c25-22-7-3-6-17-18-10-11-29-23(20(18)9-8-19(17)22)15-12-14-4-1-2-5-16(14)21(13-15)24(26,27)28;1-4(6)3-5(2)7;/h1-11,13H;3,6H,1-2H3;/q-1;;/b;4-3-;. The van der Waals surface area contributed by atoms with E-state index in [9.17, 15) is 22.4 Å². The van der Waals surface area contributed by atoms with Crippen LogP contribution in [0.5, 0.6) is 0 Å². The average molecular weight is 683 g/mol. The summed E-state index contributed by atoms with van der Waals surface area (Å²) < 4.78 is 55.3. The van der Waals surface area contributed by atoms with Crippen molar-refractivity contribution in [1.29, 1.82) is 0 Å². The molecule has 0 aliphatic rings.